The zero-order valence-electron chi connectivity index (χ0n) is 12.0. The zero-order valence-corrected chi connectivity index (χ0v) is 12.0. The molecule has 0 amide bonds. The van der Waals surface area contributed by atoms with Gasteiger partial charge in [0.05, 0.1) is 0 Å². The van der Waals surface area contributed by atoms with Crippen LogP contribution in [0.25, 0.3) is 0 Å². The summed E-state index contributed by atoms with van der Waals surface area (Å²) in [4.78, 5) is 7.22. The van der Waals surface area contributed by atoms with E-state index in [-0.39, 0.29) is 5.54 Å². The van der Waals surface area contributed by atoms with Crippen LogP contribution < -0.4 is 5.32 Å². The fourth-order valence-corrected chi connectivity index (χ4v) is 2.31. The molecule has 2 aliphatic rings. The maximum absolute atomic E-state index is 4.79. The molecule has 0 radical (unpaired) electrons. The van der Waals surface area contributed by atoms with Crippen molar-refractivity contribution in [1.82, 2.24) is 10.2 Å². The van der Waals surface area contributed by atoms with Crippen LogP contribution in [-0.2, 0) is 0 Å². The molecule has 1 heterocycles. The molecular formula is C14H27N3. The van der Waals surface area contributed by atoms with Gasteiger partial charge in [0.15, 0.2) is 5.96 Å². The van der Waals surface area contributed by atoms with Crippen LogP contribution >= 0.6 is 0 Å². The van der Waals surface area contributed by atoms with Crippen LogP contribution in [0.15, 0.2) is 4.99 Å². The summed E-state index contributed by atoms with van der Waals surface area (Å²) in [7, 11) is 0. The minimum atomic E-state index is 0.206. The largest absolute Gasteiger partial charge is 0.356 e. The highest BCUT2D eigenvalue weighted by atomic mass is 15.4. The van der Waals surface area contributed by atoms with Gasteiger partial charge in [0.2, 0.25) is 0 Å². The van der Waals surface area contributed by atoms with Gasteiger partial charge in [-0.3, -0.25) is 4.99 Å². The van der Waals surface area contributed by atoms with Gasteiger partial charge >= 0.3 is 0 Å². The second kappa shape index (κ2) is 4.18. The summed E-state index contributed by atoms with van der Waals surface area (Å²) >= 11 is 0. The minimum Gasteiger partial charge on any atom is -0.356 e. The smallest absolute Gasteiger partial charge is 0.194 e. The molecule has 98 valence electrons. The number of nitrogens with one attached hydrogen (secondary N) is 1. The normalized spacial score (nSPS) is 26.6. The first-order valence-corrected chi connectivity index (χ1v) is 6.94. The lowest BCUT2D eigenvalue weighted by atomic mass is 9.65. The Morgan fingerprint density at radius 3 is 2.35 bits per heavy atom. The Labute approximate surface area is 106 Å². The summed E-state index contributed by atoms with van der Waals surface area (Å²) in [5.74, 6) is 1.98. The third-order valence-electron chi connectivity index (χ3n) is 4.67. The summed E-state index contributed by atoms with van der Waals surface area (Å²) in [5.41, 5.74) is 0.584. The van der Waals surface area contributed by atoms with Gasteiger partial charge in [0.1, 0.15) is 0 Å². The Bertz CT molecular complexity index is 313. The molecule has 1 saturated carbocycles. The molecule has 1 aliphatic heterocycles. The van der Waals surface area contributed by atoms with Gasteiger partial charge in [-0.1, -0.05) is 13.8 Å². The van der Waals surface area contributed by atoms with Gasteiger partial charge in [-0.2, -0.15) is 0 Å². The van der Waals surface area contributed by atoms with Crippen LogP contribution in [0.1, 0.15) is 47.5 Å². The van der Waals surface area contributed by atoms with Gasteiger partial charge in [0.25, 0.3) is 0 Å². The van der Waals surface area contributed by atoms with Gasteiger partial charge in [-0.15, -0.1) is 0 Å². The number of rotatable bonds is 3. The summed E-state index contributed by atoms with van der Waals surface area (Å²) in [6, 6.07) is 0. The van der Waals surface area contributed by atoms with Crippen molar-refractivity contribution >= 4 is 5.96 Å². The molecule has 0 unspecified atom stereocenters. The first kappa shape index (κ1) is 12.7. The highest BCUT2D eigenvalue weighted by molar-refractivity contribution is 5.82. The predicted molar refractivity (Wildman–Crippen MR) is 73.3 cm³/mol. The molecule has 0 atom stereocenters. The SMILES string of the molecule is CCNC(=NCC1CC1)N1CC(C)(C)C1(C)C. The topological polar surface area (TPSA) is 27.6 Å². The van der Waals surface area contributed by atoms with Crippen molar-refractivity contribution in [2.24, 2.45) is 16.3 Å². The molecule has 3 nitrogen and oxygen atoms in total. The quantitative estimate of drug-likeness (QED) is 0.603. The molecule has 2 fully saturated rings. The lowest BCUT2D eigenvalue weighted by molar-refractivity contribution is -0.0667. The van der Waals surface area contributed by atoms with Gasteiger partial charge in [-0.25, -0.2) is 0 Å². The molecule has 17 heavy (non-hydrogen) atoms. The summed E-state index contributed by atoms with van der Waals surface area (Å²) in [5, 5.41) is 3.44. The van der Waals surface area contributed by atoms with Gasteiger partial charge in [-0.05, 0) is 39.5 Å². The Hall–Kier alpha value is -0.730. The Balaban J connectivity index is 2.04. The molecule has 1 aliphatic carbocycles. The molecule has 1 N–H and O–H groups in total. The van der Waals surface area contributed by atoms with E-state index in [4.69, 9.17) is 4.99 Å². The van der Waals surface area contributed by atoms with E-state index in [9.17, 15) is 0 Å². The average Bonchev–Trinajstić information content (AvgIpc) is 3.05. The number of hydrogen-bond acceptors (Lipinski definition) is 1. The molecule has 1 saturated heterocycles. The third kappa shape index (κ3) is 2.29. The number of hydrogen-bond donors (Lipinski definition) is 1. The molecule has 0 aromatic heterocycles. The third-order valence-corrected chi connectivity index (χ3v) is 4.67. The van der Waals surface area contributed by atoms with Crippen LogP contribution in [0.4, 0.5) is 0 Å². The van der Waals surface area contributed by atoms with E-state index in [2.05, 4.69) is 44.8 Å². The fraction of sp³-hybridized carbons (Fsp3) is 0.929. The molecule has 0 aromatic carbocycles. The highest BCUT2D eigenvalue weighted by Crippen LogP contribution is 2.46. The molecule has 3 heteroatoms. The number of nitrogens with zero attached hydrogens (tertiary/aromatic N) is 2. The summed E-state index contributed by atoms with van der Waals surface area (Å²) < 4.78 is 0. The van der Waals surface area contributed by atoms with Crippen LogP contribution in [0, 0.1) is 11.3 Å². The highest BCUT2D eigenvalue weighted by Gasteiger charge is 2.53. The molecule has 0 spiro atoms. The van der Waals surface area contributed by atoms with Crippen molar-refractivity contribution in [3.63, 3.8) is 0 Å². The average molecular weight is 237 g/mol. The Kier molecular flexibility index (Phi) is 3.13. The van der Waals surface area contributed by atoms with Crippen molar-refractivity contribution in [3.05, 3.63) is 0 Å². The Morgan fingerprint density at radius 2 is 1.94 bits per heavy atom. The van der Waals surface area contributed by atoms with E-state index < -0.39 is 0 Å². The van der Waals surface area contributed by atoms with Crippen LogP contribution in [0.3, 0.4) is 0 Å². The number of likely N-dealkylation sites (tertiary alicyclic amines) is 1. The first-order valence-electron chi connectivity index (χ1n) is 6.94. The second-order valence-corrected chi connectivity index (χ2v) is 6.67. The number of aliphatic imine (C=N–C) groups is 1. The van der Waals surface area contributed by atoms with Crippen molar-refractivity contribution in [3.8, 4) is 0 Å². The van der Waals surface area contributed by atoms with Crippen LogP contribution in [0.5, 0.6) is 0 Å². The van der Waals surface area contributed by atoms with E-state index in [1.807, 2.05) is 0 Å². The Morgan fingerprint density at radius 1 is 1.29 bits per heavy atom. The van der Waals surface area contributed by atoms with Crippen molar-refractivity contribution in [1.29, 1.82) is 0 Å². The van der Waals surface area contributed by atoms with Crippen LogP contribution in [0.2, 0.25) is 0 Å². The zero-order chi connectivity index (χ0) is 12.7. The second-order valence-electron chi connectivity index (χ2n) is 6.67. The summed E-state index contributed by atoms with van der Waals surface area (Å²) in [6.07, 6.45) is 2.75. The van der Waals surface area contributed by atoms with Crippen molar-refractivity contribution in [2.45, 2.75) is 53.0 Å². The minimum absolute atomic E-state index is 0.206. The van der Waals surface area contributed by atoms with Gasteiger partial charge in [0, 0.05) is 30.6 Å². The lowest BCUT2D eigenvalue weighted by Gasteiger charge is -2.62. The van der Waals surface area contributed by atoms with E-state index in [0.717, 1.165) is 31.5 Å². The maximum Gasteiger partial charge on any atom is 0.194 e. The summed E-state index contributed by atoms with van der Waals surface area (Å²) in [6.45, 7) is 14.5. The molecular weight excluding hydrogens is 210 g/mol. The first-order chi connectivity index (χ1) is 7.88. The maximum atomic E-state index is 4.79. The van der Waals surface area contributed by atoms with Crippen molar-refractivity contribution < 1.29 is 0 Å². The molecule has 0 bridgehead atoms. The van der Waals surface area contributed by atoms with E-state index in [1.165, 1.54) is 12.8 Å². The standard InChI is InChI=1S/C14H27N3/c1-6-15-12(16-9-11-7-8-11)17-10-13(2,3)14(17,4)5/h11H,6-10H2,1-5H3,(H,15,16). The van der Waals surface area contributed by atoms with E-state index in [0.29, 0.717) is 5.41 Å². The lowest BCUT2D eigenvalue weighted by Crippen LogP contribution is -2.72. The van der Waals surface area contributed by atoms with E-state index >= 15 is 0 Å². The van der Waals surface area contributed by atoms with Gasteiger partial charge < -0.3 is 10.2 Å². The predicted octanol–water partition coefficient (Wildman–Crippen LogP) is 2.48. The molecule has 0 aromatic rings. The van der Waals surface area contributed by atoms with Crippen LogP contribution in [-0.4, -0.2) is 36.0 Å². The number of guanidine groups is 1. The fourth-order valence-electron chi connectivity index (χ4n) is 2.31. The monoisotopic (exact) mass is 237 g/mol. The van der Waals surface area contributed by atoms with E-state index in [1.54, 1.807) is 0 Å². The van der Waals surface area contributed by atoms with Crippen molar-refractivity contribution in [2.75, 3.05) is 19.6 Å². The molecule has 2 rings (SSSR count).